The molecule has 2 aromatic rings. The summed E-state index contributed by atoms with van der Waals surface area (Å²) in [4.78, 5) is 27.2. The van der Waals surface area contributed by atoms with E-state index in [-0.39, 0.29) is 17.2 Å². The zero-order chi connectivity index (χ0) is 17.8. The first-order valence-corrected chi connectivity index (χ1v) is 9.07. The van der Waals surface area contributed by atoms with Gasteiger partial charge in [0.05, 0.1) is 18.8 Å². The Kier molecular flexibility index (Phi) is 5.28. The highest BCUT2D eigenvalue weighted by Crippen LogP contribution is 2.34. The lowest BCUT2D eigenvalue weighted by molar-refractivity contribution is -0.119. The molecule has 132 valence electrons. The number of fused-ring (bicyclic) bond motifs is 1. The van der Waals surface area contributed by atoms with Gasteiger partial charge in [-0.15, -0.1) is 0 Å². The molecule has 1 aliphatic heterocycles. The molecule has 0 saturated carbocycles. The van der Waals surface area contributed by atoms with Crippen LogP contribution < -0.4 is 20.1 Å². The number of benzene rings is 1. The van der Waals surface area contributed by atoms with Crippen LogP contribution in [0.2, 0.25) is 0 Å². The average molecular weight is 361 g/mol. The molecule has 2 amide bonds. The van der Waals surface area contributed by atoms with Gasteiger partial charge in [-0.05, 0) is 36.3 Å². The molecule has 0 aliphatic carbocycles. The van der Waals surface area contributed by atoms with Gasteiger partial charge in [-0.25, -0.2) is 4.98 Å². The van der Waals surface area contributed by atoms with E-state index < -0.39 is 0 Å². The first-order chi connectivity index (χ1) is 12.1. The van der Waals surface area contributed by atoms with Crippen molar-refractivity contribution in [1.82, 2.24) is 10.3 Å². The molecule has 8 heteroatoms. The van der Waals surface area contributed by atoms with Gasteiger partial charge < -0.3 is 20.1 Å². The summed E-state index contributed by atoms with van der Waals surface area (Å²) in [6.07, 6.45) is 4.65. The summed E-state index contributed by atoms with van der Waals surface area (Å²) in [5.41, 5.74) is 0.592. The monoisotopic (exact) mass is 361 g/mol. The topological polar surface area (TPSA) is 89.6 Å². The van der Waals surface area contributed by atoms with Gasteiger partial charge in [0.2, 0.25) is 11.8 Å². The van der Waals surface area contributed by atoms with E-state index in [1.54, 1.807) is 25.6 Å². The van der Waals surface area contributed by atoms with Crippen LogP contribution in [-0.2, 0) is 4.79 Å². The van der Waals surface area contributed by atoms with Crippen LogP contribution in [0, 0.1) is 0 Å². The highest BCUT2D eigenvalue weighted by Gasteiger charge is 2.21. The van der Waals surface area contributed by atoms with E-state index in [9.17, 15) is 9.59 Å². The molecule has 7 nitrogen and oxygen atoms in total. The van der Waals surface area contributed by atoms with Gasteiger partial charge in [0.15, 0.2) is 0 Å². The minimum atomic E-state index is -0.167. The molecule has 0 bridgehead atoms. The Morgan fingerprint density at radius 1 is 1.48 bits per heavy atom. The number of carbonyl (C=O) groups is 2. The van der Waals surface area contributed by atoms with E-state index in [0.29, 0.717) is 30.3 Å². The minimum Gasteiger partial charge on any atom is -0.495 e. The Labute approximate surface area is 149 Å². The minimum absolute atomic E-state index is 0.00610. The molecule has 1 aromatic heterocycles. The zero-order valence-corrected chi connectivity index (χ0v) is 14.8. The Hall–Kier alpha value is -2.48. The molecule has 0 spiro atoms. The first kappa shape index (κ1) is 17.3. The fourth-order valence-electron chi connectivity index (χ4n) is 2.70. The number of nitrogens with zero attached hydrogens (tertiary/aromatic N) is 1. The van der Waals surface area contributed by atoms with Gasteiger partial charge in [0.25, 0.3) is 5.24 Å². The quantitative estimate of drug-likeness (QED) is 0.851. The van der Waals surface area contributed by atoms with Crippen molar-refractivity contribution in [1.29, 1.82) is 0 Å². The van der Waals surface area contributed by atoms with Crippen LogP contribution in [0.1, 0.15) is 12.8 Å². The van der Waals surface area contributed by atoms with Crippen molar-refractivity contribution in [2.45, 2.75) is 18.9 Å². The molecule has 0 radical (unpaired) electrons. The second kappa shape index (κ2) is 7.60. The number of rotatable bonds is 5. The molecule has 25 heavy (non-hydrogen) atoms. The van der Waals surface area contributed by atoms with Gasteiger partial charge in [-0.2, -0.15) is 0 Å². The lowest BCUT2D eigenvalue weighted by Gasteiger charge is -2.15. The standard InChI is InChI=1S/C17H19N3O4S/c1-23-14-8-12-10(7-13(14)20-17(22)25-2)5-6-18-16(12)24-9-11-3-4-15(21)19-11/h5-8,11H,3-4,9H2,1-2H3,(H,19,21)(H,20,22)/t11-/m0/s1. The molecule has 3 rings (SSSR count). The third kappa shape index (κ3) is 3.96. The summed E-state index contributed by atoms with van der Waals surface area (Å²) < 4.78 is 11.2. The van der Waals surface area contributed by atoms with Gasteiger partial charge in [0.1, 0.15) is 12.4 Å². The third-order valence-electron chi connectivity index (χ3n) is 3.98. The van der Waals surface area contributed by atoms with Crippen LogP contribution in [0.5, 0.6) is 11.6 Å². The van der Waals surface area contributed by atoms with Crippen LogP contribution >= 0.6 is 11.8 Å². The van der Waals surface area contributed by atoms with E-state index in [4.69, 9.17) is 9.47 Å². The first-order valence-electron chi connectivity index (χ1n) is 7.84. The molecular formula is C17H19N3O4S. The van der Waals surface area contributed by atoms with Crippen molar-refractivity contribution < 1.29 is 19.1 Å². The molecule has 1 aliphatic rings. The molecule has 0 unspecified atom stereocenters. The number of carbonyl (C=O) groups excluding carboxylic acids is 2. The summed E-state index contributed by atoms with van der Waals surface area (Å²) >= 11 is 1.09. The summed E-state index contributed by atoms with van der Waals surface area (Å²) in [7, 11) is 1.54. The number of anilines is 1. The van der Waals surface area contributed by atoms with E-state index in [2.05, 4.69) is 15.6 Å². The van der Waals surface area contributed by atoms with Crippen molar-refractivity contribution in [3.63, 3.8) is 0 Å². The summed E-state index contributed by atoms with van der Waals surface area (Å²) in [6.45, 7) is 0.366. The molecular weight excluding hydrogens is 342 g/mol. The van der Waals surface area contributed by atoms with Gasteiger partial charge in [-0.1, -0.05) is 11.8 Å². The maximum absolute atomic E-state index is 11.7. The van der Waals surface area contributed by atoms with Crippen molar-refractivity contribution in [2.24, 2.45) is 0 Å². The second-order valence-electron chi connectivity index (χ2n) is 5.62. The van der Waals surface area contributed by atoms with E-state index in [1.807, 2.05) is 12.1 Å². The Balaban J connectivity index is 1.86. The number of methoxy groups -OCH3 is 1. The summed E-state index contributed by atoms with van der Waals surface area (Å²) in [6, 6.07) is 5.47. The number of ether oxygens (including phenoxy) is 2. The maximum atomic E-state index is 11.7. The number of aromatic nitrogens is 1. The lowest BCUT2D eigenvalue weighted by Crippen LogP contribution is -2.31. The second-order valence-corrected chi connectivity index (χ2v) is 6.40. The highest BCUT2D eigenvalue weighted by atomic mass is 32.2. The maximum Gasteiger partial charge on any atom is 0.283 e. The van der Waals surface area contributed by atoms with Crippen molar-refractivity contribution in [3.05, 3.63) is 24.4 Å². The molecule has 1 atom stereocenters. The van der Waals surface area contributed by atoms with Crippen molar-refractivity contribution in [2.75, 3.05) is 25.3 Å². The fraction of sp³-hybridized carbons (Fsp3) is 0.353. The molecule has 1 saturated heterocycles. The van der Waals surface area contributed by atoms with Crippen molar-refractivity contribution in [3.8, 4) is 11.6 Å². The molecule has 2 heterocycles. The number of thioether (sulfide) groups is 1. The van der Waals surface area contributed by atoms with Crippen molar-refractivity contribution >= 4 is 39.4 Å². The van der Waals surface area contributed by atoms with E-state index in [1.165, 1.54) is 0 Å². The largest absolute Gasteiger partial charge is 0.495 e. The average Bonchev–Trinajstić information content (AvgIpc) is 3.04. The Bertz CT molecular complexity index is 812. The normalized spacial score (nSPS) is 16.6. The Morgan fingerprint density at radius 2 is 2.32 bits per heavy atom. The fourth-order valence-corrected chi connectivity index (χ4v) is 2.91. The van der Waals surface area contributed by atoms with Crippen LogP contribution in [0.4, 0.5) is 10.5 Å². The summed E-state index contributed by atoms with van der Waals surface area (Å²) in [5.74, 6) is 1.05. The highest BCUT2D eigenvalue weighted by molar-refractivity contribution is 8.13. The van der Waals surface area contributed by atoms with Crippen LogP contribution in [0.25, 0.3) is 10.8 Å². The van der Waals surface area contributed by atoms with E-state index in [0.717, 1.165) is 29.0 Å². The van der Waals surface area contributed by atoms with Gasteiger partial charge in [0, 0.05) is 18.0 Å². The Morgan fingerprint density at radius 3 is 3.00 bits per heavy atom. The number of hydrogen-bond donors (Lipinski definition) is 2. The number of hydrogen-bond acceptors (Lipinski definition) is 6. The van der Waals surface area contributed by atoms with Crippen LogP contribution in [0.15, 0.2) is 24.4 Å². The SMILES string of the molecule is COc1cc2c(OC[C@@H]3CCC(=O)N3)nccc2cc1NC(=O)SC. The molecule has 1 aromatic carbocycles. The van der Waals surface area contributed by atoms with Crippen LogP contribution in [-0.4, -0.2) is 42.1 Å². The number of pyridine rings is 1. The third-order valence-corrected chi connectivity index (χ3v) is 4.45. The predicted molar refractivity (Wildman–Crippen MR) is 97.5 cm³/mol. The number of nitrogens with one attached hydrogen (secondary N) is 2. The smallest absolute Gasteiger partial charge is 0.283 e. The summed E-state index contributed by atoms with van der Waals surface area (Å²) in [5, 5.41) is 7.15. The molecule has 2 N–H and O–H groups in total. The lowest BCUT2D eigenvalue weighted by atomic mass is 10.1. The van der Waals surface area contributed by atoms with E-state index >= 15 is 0 Å². The predicted octanol–water partition coefficient (Wildman–Crippen LogP) is 2.80. The van der Waals surface area contributed by atoms with Gasteiger partial charge in [-0.3, -0.25) is 9.59 Å². The van der Waals surface area contributed by atoms with Crippen LogP contribution in [0.3, 0.4) is 0 Å². The molecule has 1 fully saturated rings. The zero-order valence-electron chi connectivity index (χ0n) is 14.0. The van der Waals surface area contributed by atoms with Gasteiger partial charge >= 0.3 is 0 Å². The number of amides is 2.